The highest BCUT2D eigenvalue weighted by Crippen LogP contribution is 2.13. The Morgan fingerprint density at radius 3 is 2.64 bits per heavy atom. The molecule has 0 fully saturated rings. The van der Waals surface area contributed by atoms with Gasteiger partial charge in [0.05, 0.1) is 6.20 Å². The zero-order valence-electron chi connectivity index (χ0n) is 8.37. The maximum Gasteiger partial charge on any atom is 0.141 e. The molecule has 1 heterocycles. The molecule has 1 aromatic rings. The Kier molecular flexibility index (Phi) is 4.14. The SMILES string of the molecule is CC(C)N(CCCl)c1ccc(F)cn1. The average molecular weight is 217 g/mol. The van der Waals surface area contributed by atoms with Crippen LogP contribution in [0, 0.1) is 5.82 Å². The van der Waals surface area contributed by atoms with Gasteiger partial charge in [0.25, 0.3) is 0 Å². The molecule has 0 aliphatic rings. The van der Waals surface area contributed by atoms with Gasteiger partial charge in [0, 0.05) is 18.5 Å². The van der Waals surface area contributed by atoms with Crippen LogP contribution < -0.4 is 4.90 Å². The summed E-state index contributed by atoms with van der Waals surface area (Å²) in [5, 5.41) is 0. The standard InChI is InChI=1S/C10H14ClFN2/c1-8(2)14(6-5-11)10-4-3-9(12)7-13-10/h3-4,7-8H,5-6H2,1-2H3. The van der Waals surface area contributed by atoms with Crippen molar-refractivity contribution >= 4 is 17.4 Å². The number of hydrogen-bond donors (Lipinski definition) is 0. The molecule has 2 nitrogen and oxygen atoms in total. The van der Waals surface area contributed by atoms with E-state index in [0.717, 1.165) is 12.4 Å². The Bertz CT molecular complexity index is 274. The van der Waals surface area contributed by atoms with Crippen LogP contribution in [0.2, 0.25) is 0 Å². The maximum atomic E-state index is 12.6. The molecule has 0 spiro atoms. The highest BCUT2D eigenvalue weighted by molar-refractivity contribution is 6.18. The number of pyridine rings is 1. The van der Waals surface area contributed by atoms with Gasteiger partial charge in [-0.25, -0.2) is 9.37 Å². The summed E-state index contributed by atoms with van der Waals surface area (Å²) in [5.41, 5.74) is 0. The summed E-state index contributed by atoms with van der Waals surface area (Å²) in [6, 6.07) is 3.39. The molecular formula is C10H14ClFN2. The third-order valence-corrected chi connectivity index (χ3v) is 2.12. The Hall–Kier alpha value is -0.830. The lowest BCUT2D eigenvalue weighted by Crippen LogP contribution is -2.33. The van der Waals surface area contributed by atoms with Crippen molar-refractivity contribution in [3.05, 3.63) is 24.1 Å². The molecule has 14 heavy (non-hydrogen) atoms. The van der Waals surface area contributed by atoms with Crippen molar-refractivity contribution in [2.24, 2.45) is 0 Å². The van der Waals surface area contributed by atoms with Crippen molar-refractivity contribution in [3.8, 4) is 0 Å². The number of alkyl halides is 1. The van der Waals surface area contributed by atoms with Crippen molar-refractivity contribution in [1.82, 2.24) is 4.98 Å². The topological polar surface area (TPSA) is 16.1 Å². The molecule has 0 N–H and O–H groups in total. The van der Waals surface area contributed by atoms with E-state index in [-0.39, 0.29) is 5.82 Å². The van der Waals surface area contributed by atoms with Crippen LogP contribution in [-0.2, 0) is 0 Å². The van der Waals surface area contributed by atoms with Crippen LogP contribution in [0.4, 0.5) is 10.2 Å². The number of rotatable bonds is 4. The molecule has 0 unspecified atom stereocenters. The fraction of sp³-hybridized carbons (Fsp3) is 0.500. The summed E-state index contributed by atoms with van der Waals surface area (Å²) < 4.78 is 12.6. The minimum atomic E-state index is -0.316. The van der Waals surface area contributed by atoms with E-state index in [9.17, 15) is 4.39 Å². The second-order valence-corrected chi connectivity index (χ2v) is 3.69. The Balaban J connectivity index is 2.82. The van der Waals surface area contributed by atoms with Gasteiger partial charge in [0.1, 0.15) is 11.6 Å². The Morgan fingerprint density at radius 1 is 1.50 bits per heavy atom. The van der Waals surface area contributed by atoms with Crippen LogP contribution >= 0.6 is 11.6 Å². The summed E-state index contributed by atoms with van der Waals surface area (Å²) in [5.74, 6) is 0.988. The first-order chi connectivity index (χ1) is 6.65. The summed E-state index contributed by atoms with van der Waals surface area (Å²) in [7, 11) is 0. The molecule has 1 aromatic heterocycles. The van der Waals surface area contributed by atoms with Crippen LogP contribution in [0.25, 0.3) is 0 Å². The van der Waals surface area contributed by atoms with Gasteiger partial charge in [0.15, 0.2) is 0 Å². The van der Waals surface area contributed by atoms with Crippen molar-refractivity contribution < 1.29 is 4.39 Å². The minimum absolute atomic E-state index is 0.312. The van der Waals surface area contributed by atoms with E-state index < -0.39 is 0 Å². The Morgan fingerprint density at radius 2 is 2.21 bits per heavy atom. The van der Waals surface area contributed by atoms with E-state index in [1.54, 1.807) is 6.07 Å². The van der Waals surface area contributed by atoms with Crippen LogP contribution in [-0.4, -0.2) is 23.5 Å². The fourth-order valence-corrected chi connectivity index (χ4v) is 1.45. The summed E-state index contributed by atoms with van der Waals surface area (Å²) in [4.78, 5) is 6.04. The predicted octanol–water partition coefficient (Wildman–Crippen LogP) is 2.67. The van der Waals surface area contributed by atoms with E-state index in [1.807, 2.05) is 4.90 Å². The summed E-state index contributed by atoms with van der Waals surface area (Å²) >= 11 is 5.68. The van der Waals surface area contributed by atoms with Gasteiger partial charge in [-0.15, -0.1) is 11.6 Å². The van der Waals surface area contributed by atoms with Gasteiger partial charge < -0.3 is 4.90 Å². The van der Waals surface area contributed by atoms with Crippen molar-refractivity contribution in [3.63, 3.8) is 0 Å². The summed E-state index contributed by atoms with van der Waals surface area (Å²) in [6.45, 7) is 4.83. The van der Waals surface area contributed by atoms with Crippen molar-refractivity contribution in [1.29, 1.82) is 0 Å². The van der Waals surface area contributed by atoms with E-state index in [4.69, 9.17) is 11.6 Å². The molecule has 0 atom stereocenters. The number of halogens is 2. The first-order valence-electron chi connectivity index (χ1n) is 4.59. The highest BCUT2D eigenvalue weighted by Gasteiger charge is 2.10. The maximum absolute atomic E-state index is 12.6. The third kappa shape index (κ3) is 2.84. The molecule has 78 valence electrons. The molecule has 0 saturated heterocycles. The lowest BCUT2D eigenvalue weighted by molar-refractivity contribution is 0.617. The zero-order valence-corrected chi connectivity index (χ0v) is 9.13. The van der Waals surface area contributed by atoms with Crippen LogP contribution in [0.1, 0.15) is 13.8 Å². The van der Waals surface area contributed by atoms with Gasteiger partial charge in [-0.2, -0.15) is 0 Å². The molecule has 0 aromatic carbocycles. The third-order valence-electron chi connectivity index (χ3n) is 1.95. The first-order valence-corrected chi connectivity index (χ1v) is 5.12. The zero-order chi connectivity index (χ0) is 10.6. The van der Waals surface area contributed by atoms with E-state index in [0.29, 0.717) is 11.9 Å². The number of hydrogen-bond acceptors (Lipinski definition) is 2. The number of aromatic nitrogens is 1. The average Bonchev–Trinajstić information content (AvgIpc) is 2.15. The molecule has 0 bridgehead atoms. The van der Waals surface area contributed by atoms with Crippen LogP contribution in [0.15, 0.2) is 18.3 Å². The van der Waals surface area contributed by atoms with Gasteiger partial charge in [0.2, 0.25) is 0 Å². The van der Waals surface area contributed by atoms with Gasteiger partial charge in [-0.1, -0.05) is 0 Å². The molecule has 1 rings (SSSR count). The number of anilines is 1. The second-order valence-electron chi connectivity index (χ2n) is 3.31. The second kappa shape index (κ2) is 5.15. The predicted molar refractivity (Wildman–Crippen MR) is 57.4 cm³/mol. The molecule has 0 radical (unpaired) electrons. The monoisotopic (exact) mass is 216 g/mol. The fourth-order valence-electron chi connectivity index (χ4n) is 1.27. The molecule has 0 saturated carbocycles. The smallest absolute Gasteiger partial charge is 0.141 e. The quantitative estimate of drug-likeness (QED) is 0.720. The van der Waals surface area contributed by atoms with E-state index in [2.05, 4.69) is 18.8 Å². The van der Waals surface area contributed by atoms with Gasteiger partial charge in [-0.05, 0) is 26.0 Å². The molecule has 0 aliphatic heterocycles. The van der Waals surface area contributed by atoms with E-state index >= 15 is 0 Å². The van der Waals surface area contributed by atoms with Crippen molar-refractivity contribution in [2.75, 3.05) is 17.3 Å². The largest absolute Gasteiger partial charge is 0.353 e. The minimum Gasteiger partial charge on any atom is -0.353 e. The molecular weight excluding hydrogens is 203 g/mol. The lowest BCUT2D eigenvalue weighted by atomic mass is 10.3. The molecule has 0 aliphatic carbocycles. The summed E-state index contributed by atoms with van der Waals surface area (Å²) in [6.07, 6.45) is 1.22. The normalized spacial score (nSPS) is 10.6. The van der Waals surface area contributed by atoms with Gasteiger partial charge >= 0.3 is 0 Å². The Labute approximate surface area is 88.7 Å². The first kappa shape index (κ1) is 11.2. The lowest BCUT2D eigenvalue weighted by Gasteiger charge is -2.26. The highest BCUT2D eigenvalue weighted by atomic mass is 35.5. The van der Waals surface area contributed by atoms with Crippen LogP contribution in [0.5, 0.6) is 0 Å². The van der Waals surface area contributed by atoms with E-state index in [1.165, 1.54) is 12.3 Å². The molecule has 0 amide bonds. The van der Waals surface area contributed by atoms with Gasteiger partial charge in [-0.3, -0.25) is 0 Å². The van der Waals surface area contributed by atoms with Crippen LogP contribution in [0.3, 0.4) is 0 Å². The van der Waals surface area contributed by atoms with Crippen molar-refractivity contribution in [2.45, 2.75) is 19.9 Å². The number of nitrogens with zero attached hydrogens (tertiary/aromatic N) is 2. The molecule has 4 heteroatoms.